The largest absolute Gasteiger partial charge is 0.489 e. The summed E-state index contributed by atoms with van der Waals surface area (Å²) in [6.45, 7) is 4.45. The number of hydrogen-bond donors (Lipinski definition) is 2. The first-order valence-corrected chi connectivity index (χ1v) is 8.20. The van der Waals surface area contributed by atoms with E-state index in [2.05, 4.69) is 28.4 Å². The molecule has 1 atom stereocenters. The molecule has 0 spiro atoms. The second-order valence-electron chi connectivity index (χ2n) is 5.80. The molecule has 1 heterocycles. The number of hydrogen-bond acceptors (Lipinski definition) is 4. The highest BCUT2D eigenvalue weighted by Crippen LogP contribution is 2.30. The van der Waals surface area contributed by atoms with Gasteiger partial charge in [-0.05, 0) is 11.6 Å². The van der Waals surface area contributed by atoms with E-state index in [1.165, 1.54) is 0 Å². The van der Waals surface area contributed by atoms with E-state index in [9.17, 15) is 5.11 Å². The Morgan fingerprint density at radius 1 is 1.00 bits per heavy atom. The summed E-state index contributed by atoms with van der Waals surface area (Å²) in [5.41, 5.74) is 2.21. The predicted molar refractivity (Wildman–Crippen MR) is 98.7 cm³/mol. The molecule has 24 heavy (non-hydrogen) atoms. The van der Waals surface area contributed by atoms with Crippen LogP contribution in [0, 0.1) is 0 Å². The lowest BCUT2D eigenvalue weighted by molar-refractivity contribution is 0.108. The monoisotopic (exact) mass is 348 g/mol. The van der Waals surface area contributed by atoms with E-state index in [4.69, 9.17) is 4.74 Å². The van der Waals surface area contributed by atoms with Crippen molar-refractivity contribution in [3.63, 3.8) is 0 Å². The van der Waals surface area contributed by atoms with E-state index in [0.717, 1.165) is 43.1 Å². The number of para-hydroxylation sites is 1. The Bertz CT molecular complexity index is 603. The Morgan fingerprint density at radius 2 is 1.67 bits per heavy atom. The van der Waals surface area contributed by atoms with E-state index in [0.29, 0.717) is 6.61 Å². The van der Waals surface area contributed by atoms with Crippen LogP contribution in [0.25, 0.3) is 0 Å². The van der Waals surface area contributed by atoms with Gasteiger partial charge in [0.05, 0.1) is 12.6 Å². The molecule has 0 aliphatic carbocycles. The number of piperazine rings is 1. The van der Waals surface area contributed by atoms with Crippen LogP contribution in [0.3, 0.4) is 0 Å². The van der Waals surface area contributed by atoms with Crippen LogP contribution in [0.1, 0.15) is 17.2 Å². The highest BCUT2D eigenvalue weighted by molar-refractivity contribution is 5.85. The summed E-state index contributed by atoms with van der Waals surface area (Å²) in [5.74, 6) is 0.855. The molecular formula is C19H25ClN2O2. The number of ether oxygens (including phenoxy) is 1. The number of nitrogens with zero attached hydrogens (tertiary/aromatic N) is 1. The Hall–Kier alpha value is -1.59. The van der Waals surface area contributed by atoms with Gasteiger partial charge in [0.2, 0.25) is 0 Å². The van der Waals surface area contributed by atoms with Gasteiger partial charge < -0.3 is 15.2 Å². The minimum Gasteiger partial charge on any atom is -0.489 e. The molecule has 0 aromatic heterocycles. The first-order chi connectivity index (χ1) is 11.4. The van der Waals surface area contributed by atoms with E-state index < -0.39 is 0 Å². The topological polar surface area (TPSA) is 44.7 Å². The number of benzene rings is 2. The van der Waals surface area contributed by atoms with Crippen molar-refractivity contribution in [3.8, 4) is 5.75 Å². The van der Waals surface area contributed by atoms with Gasteiger partial charge in [-0.3, -0.25) is 4.90 Å². The lowest BCUT2D eigenvalue weighted by Crippen LogP contribution is -2.46. The van der Waals surface area contributed by atoms with Crippen LogP contribution >= 0.6 is 12.4 Å². The molecule has 0 bridgehead atoms. The summed E-state index contributed by atoms with van der Waals surface area (Å²) in [4.78, 5) is 2.32. The first-order valence-electron chi connectivity index (χ1n) is 8.20. The lowest BCUT2D eigenvalue weighted by Gasteiger charge is -2.34. The number of nitrogens with one attached hydrogen (secondary N) is 1. The molecule has 2 aromatic rings. The van der Waals surface area contributed by atoms with Crippen LogP contribution in [0.15, 0.2) is 54.6 Å². The maximum atomic E-state index is 9.92. The molecule has 0 unspecified atom stereocenters. The number of aliphatic hydroxyl groups is 1. The van der Waals surface area contributed by atoms with Gasteiger partial charge in [-0.1, -0.05) is 48.5 Å². The molecule has 2 N–H and O–H groups in total. The molecule has 4 nitrogen and oxygen atoms in total. The van der Waals surface area contributed by atoms with Gasteiger partial charge >= 0.3 is 0 Å². The quantitative estimate of drug-likeness (QED) is 0.842. The van der Waals surface area contributed by atoms with Crippen molar-refractivity contribution in [2.75, 3.05) is 32.8 Å². The van der Waals surface area contributed by atoms with Crippen LogP contribution in [-0.2, 0) is 6.61 Å². The number of rotatable bonds is 6. The second kappa shape index (κ2) is 9.64. The number of aliphatic hydroxyl groups excluding tert-OH is 1. The fourth-order valence-corrected chi connectivity index (χ4v) is 3.03. The minimum atomic E-state index is -0.0101. The first kappa shape index (κ1) is 18.7. The van der Waals surface area contributed by atoms with Crippen LogP contribution in [-0.4, -0.2) is 42.8 Å². The summed E-state index contributed by atoms with van der Waals surface area (Å²) in [6, 6.07) is 18.2. The molecule has 0 radical (unpaired) electrons. The van der Waals surface area contributed by atoms with E-state index in [1.807, 2.05) is 36.4 Å². The molecule has 5 heteroatoms. The Balaban J connectivity index is 0.00000208. The molecule has 130 valence electrons. The average molecular weight is 349 g/mol. The highest BCUT2D eigenvalue weighted by atomic mass is 35.5. The molecule has 0 amide bonds. The van der Waals surface area contributed by atoms with Gasteiger partial charge in [0.25, 0.3) is 0 Å². The third kappa shape index (κ3) is 4.71. The second-order valence-corrected chi connectivity index (χ2v) is 5.80. The molecule has 1 aliphatic heterocycles. The van der Waals surface area contributed by atoms with Gasteiger partial charge in [0.1, 0.15) is 12.4 Å². The van der Waals surface area contributed by atoms with Crippen LogP contribution in [0.5, 0.6) is 5.75 Å². The smallest absolute Gasteiger partial charge is 0.124 e. The van der Waals surface area contributed by atoms with Gasteiger partial charge in [-0.15, -0.1) is 12.4 Å². The zero-order valence-corrected chi connectivity index (χ0v) is 14.5. The zero-order valence-electron chi connectivity index (χ0n) is 13.7. The summed E-state index contributed by atoms with van der Waals surface area (Å²) in [6.07, 6.45) is 0. The van der Waals surface area contributed by atoms with Crippen molar-refractivity contribution in [3.05, 3.63) is 65.7 Å². The molecule has 1 aliphatic rings. The van der Waals surface area contributed by atoms with Crippen molar-refractivity contribution < 1.29 is 9.84 Å². The Labute approximate surface area is 149 Å². The van der Waals surface area contributed by atoms with Gasteiger partial charge in [-0.2, -0.15) is 0 Å². The Morgan fingerprint density at radius 3 is 2.38 bits per heavy atom. The van der Waals surface area contributed by atoms with Gasteiger partial charge in [0.15, 0.2) is 0 Å². The summed E-state index contributed by atoms with van der Waals surface area (Å²) in [7, 11) is 0. The molecule has 3 rings (SSSR count). The van der Waals surface area contributed by atoms with Crippen molar-refractivity contribution in [1.82, 2.24) is 10.2 Å². The fraction of sp³-hybridized carbons (Fsp3) is 0.368. The van der Waals surface area contributed by atoms with Gasteiger partial charge in [0, 0.05) is 31.7 Å². The zero-order chi connectivity index (χ0) is 15.9. The summed E-state index contributed by atoms with van der Waals surface area (Å²) >= 11 is 0. The SMILES string of the molecule is Cl.OC[C@H](c1ccccc1OCc1ccccc1)N1CCNCC1. The molecular weight excluding hydrogens is 324 g/mol. The highest BCUT2D eigenvalue weighted by Gasteiger charge is 2.24. The van der Waals surface area contributed by atoms with E-state index >= 15 is 0 Å². The third-order valence-electron chi connectivity index (χ3n) is 4.28. The number of halogens is 1. The van der Waals surface area contributed by atoms with Crippen LogP contribution in [0.2, 0.25) is 0 Å². The maximum absolute atomic E-state index is 9.92. The Kier molecular flexibility index (Phi) is 7.53. The van der Waals surface area contributed by atoms with E-state index in [-0.39, 0.29) is 25.1 Å². The third-order valence-corrected chi connectivity index (χ3v) is 4.28. The predicted octanol–water partition coefficient (Wildman–Crippen LogP) is 2.63. The van der Waals surface area contributed by atoms with Crippen molar-refractivity contribution >= 4 is 12.4 Å². The molecule has 1 fully saturated rings. The normalized spacial score (nSPS) is 16.2. The lowest BCUT2D eigenvalue weighted by atomic mass is 10.0. The summed E-state index contributed by atoms with van der Waals surface area (Å²) < 4.78 is 6.04. The van der Waals surface area contributed by atoms with Crippen molar-refractivity contribution in [2.24, 2.45) is 0 Å². The van der Waals surface area contributed by atoms with E-state index in [1.54, 1.807) is 0 Å². The van der Waals surface area contributed by atoms with Crippen LogP contribution < -0.4 is 10.1 Å². The molecule has 2 aromatic carbocycles. The van der Waals surface area contributed by atoms with Crippen molar-refractivity contribution in [1.29, 1.82) is 0 Å². The minimum absolute atomic E-state index is 0. The van der Waals surface area contributed by atoms with Crippen molar-refractivity contribution in [2.45, 2.75) is 12.6 Å². The molecule has 0 saturated carbocycles. The standard InChI is InChI=1S/C19H24N2O2.ClH/c22-14-18(21-12-10-20-11-13-21)17-8-4-5-9-19(17)23-15-16-6-2-1-3-7-16;/h1-9,18,20,22H,10-15H2;1H/t18-;/m1./s1. The summed E-state index contributed by atoms with van der Waals surface area (Å²) in [5, 5.41) is 13.3. The average Bonchev–Trinajstić information content (AvgIpc) is 2.63. The fourth-order valence-electron chi connectivity index (χ4n) is 3.03. The van der Waals surface area contributed by atoms with Gasteiger partial charge in [-0.25, -0.2) is 0 Å². The maximum Gasteiger partial charge on any atom is 0.124 e. The molecule has 1 saturated heterocycles. The van der Waals surface area contributed by atoms with Crippen LogP contribution in [0.4, 0.5) is 0 Å².